The Hall–Kier alpha value is -1.75. The van der Waals surface area contributed by atoms with E-state index in [1.165, 1.54) is 0 Å². The minimum Gasteiger partial charge on any atom is -0.497 e. The molecule has 0 saturated carbocycles. The average molecular weight is 280 g/mol. The Morgan fingerprint density at radius 3 is 2.45 bits per heavy atom. The Morgan fingerprint density at radius 1 is 1.20 bits per heavy atom. The lowest BCUT2D eigenvalue weighted by Gasteiger charge is -2.19. The van der Waals surface area contributed by atoms with E-state index in [1.54, 1.807) is 19.1 Å². The third-order valence-electron chi connectivity index (χ3n) is 3.20. The van der Waals surface area contributed by atoms with Crippen LogP contribution in [0.3, 0.4) is 0 Å². The van der Waals surface area contributed by atoms with Gasteiger partial charge in [-0.05, 0) is 19.9 Å². The van der Waals surface area contributed by atoms with Crippen LogP contribution in [-0.4, -0.2) is 44.7 Å². The van der Waals surface area contributed by atoms with Crippen molar-refractivity contribution in [2.75, 3.05) is 33.9 Å². The first-order valence-corrected chi connectivity index (χ1v) is 6.85. The summed E-state index contributed by atoms with van der Waals surface area (Å²) in [7, 11) is 3.24. The second-order valence-corrected chi connectivity index (χ2v) is 4.35. The highest BCUT2D eigenvalue weighted by Crippen LogP contribution is 2.24. The number of nitrogens with zero attached hydrogens (tertiary/aromatic N) is 1. The molecule has 0 radical (unpaired) electrons. The molecule has 0 bridgehead atoms. The van der Waals surface area contributed by atoms with Crippen molar-refractivity contribution in [3.05, 3.63) is 23.8 Å². The molecule has 0 saturated heterocycles. The maximum atomic E-state index is 11.9. The number of carbonyl (C=O) groups excluding carboxylic acids is 1. The predicted octanol–water partition coefficient (Wildman–Crippen LogP) is 1.66. The van der Waals surface area contributed by atoms with E-state index >= 15 is 0 Å². The van der Waals surface area contributed by atoms with Crippen molar-refractivity contribution in [3.63, 3.8) is 0 Å². The van der Waals surface area contributed by atoms with E-state index in [1.807, 2.05) is 32.0 Å². The van der Waals surface area contributed by atoms with Gasteiger partial charge in [0.05, 0.1) is 20.8 Å². The first-order chi connectivity index (χ1) is 9.65. The molecule has 0 aromatic heterocycles. The van der Waals surface area contributed by atoms with Gasteiger partial charge >= 0.3 is 0 Å². The molecule has 0 unspecified atom stereocenters. The van der Waals surface area contributed by atoms with Crippen molar-refractivity contribution in [3.8, 4) is 11.5 Å². The molecule has 0 aliphatic heterocycles. The number of hydrogen-bond acceptors (Lipinski definition) is 4. The van der Waals surface area contributed by atoms with Crippen LogP contribution in [0.5, 0.6) is 11.5 Å². The van der Waals surface area contributed by atoms with E-state index in [9.17, 15) is 4.79 Å². The van der Waals surface area contributed by atoms with Crippen LogP contribution in [-0.2, 0) is 11.3 Å². The van der Waals surface area contributed by atoms with Crippen LogP contribution in [0.2, 0.25) is 0 Å². The first-order valence-electron chi connectivity index (χ1n) is 6.85. The third kappa shape index (κ3) is 4.42. The van der Waals surface area contributed by atoms with Crippen LogP contribution in [0.1, 0.15) is 19.4 Å². The lowest BCUT2D eigenvalue weighted by molar-refractivity contribution is -0.129. The monoisotopic (exact) mass is 280 g/mol. The summed E-state index contributed by atoms with van der Waals surface area (Å²) in [6.07, 6.45) is 0. The zero-order valence-corrected chi connectivity index (χ0v) is 12.7. The molecule has 0 spiro atoms. The molecule has 1 aromatic rings. The number of likely N-dealkylation sites (N-methyl/N-ethyl adjacent to an activating group) is 1. The molecule has 112 valence electrons. The average Bonchev–Trinajstić information content (AvgIpc) is 2.48. The molecule has 1 amide bonds. The Bertz CT molecular complexity index is 431. The third-order valence-corrected chi connectivity index (χ3v) is 3.20. The summed E-state index contributed by atoms with van der Waals surface area (Å²) < 4.78 is 10.5. The fourth-order valence-electron chi connectivity index (χ4n) is 1.99. The molecule has 0 atom stereocenters. The molecule has 1 N–H and O–H groups in total. The highest BCUT2D eigenvalue weighted by molar-refractivity contribution is 5.78. The first kappa shape index (κ1) is 16.3. The van der Waals surface area contributed by atoms with Crippen molar-refractivity contribution in [2.45, 2.75) is 20.4 Å². The number of carbonyl (C=O) groups is 1. The highest BCUT2D eigenvalue weighted by atomic mass is 16.5. The maximum Gasteiger partial charge on any atom is 0.236 e. The van der Waals surface area contributed by atoms with Gasteiger partial charge in [-0.1, -0.05) is 6.07 Å². The minimum absolute atomic E-state index is 0.113. The van der Waals surface area contributed by atoms with Crippen LogP contribution in [0.4, 0.5) is 0 Å². The summed E-state index contributed by atoms with van der Waals surface area (Å²) in [5.74, 6) is 1.62. The number of hydrogen-bond donors (Lipinski definition) is 1. The van der Waals surface area contributed by atoms with Gasteiger partial charge in [0.2, 0.25) is 5.91 Å². The van der Waals surface area contributed by atoms with E-state index in [4.69, 9.17) is 9.47 Å². The predicted molar refractivity (Wildman–Crippen MR) is 79.2 cm³/mol. The van der Waals surface area contributed by atoms with Gasteiger partial charge in [0, 0.05) is 31.3 Å². The van der Waals surface area contributed by atoms with E-state index < -0.39 is 0 Å². The van der Waals surface area contributed by atoms with E-state index in [0.717, 1.165) is 30.2 Å². The molecule has 1 aromatic carbocycles. The van der Waals surface area contributed by atoms with Gasteiger partial charge in [-0.2, -0.15) is 0 Å². The van der Waals surface area contributed by atoms with Gasteiger partial charge < -0.3 is 19.7 Å². The van der Waals surface area contributed by atoms with Gasteiger partial charge in [0.25, 0.3) is 0 Å². The molecule has 0 aliphatic carbocycles. The Labute approximate surface area is 120 Å². The van der Waals surface area contributed by atoms with Gasteiger partial charge in [-0.15, -0.1) is 0 Å². The Morgan fingerprint density at radius 2 is 1.90 bits per heavy atom. The molecule has 0 heterocycles. The smallest absolute Gasteiger partial charge is 0.236 e. The number of methoxy groups -OCH3 is 2. The Kier molecular flexibility index (Phi) is 6.87. The summed E-state index contributed by atoms with van der Waals surface area (Å²) in [4.78, 5) is 13.7. The van der Waals surface area contributed by atoms with Crippen LogP contribution in [0, 0.1) is 0 Å². The SMILES string of the molecule is CCN(CC)C(=O)CNCc1ccc(OC)cc1OC. The number of ether oxygens (including phenoxy) is 2. The van der Waals surface area contributed by atoms with E-state index in [-0.39, 0.29) is 5.91 Å². The minimum atomic E-state index is 0.113. The summed E-state index contributed by atoms with van der Waals surface area (Å²) >= 11 is 0. The van der Waals surface area contributed by atoms with Crippen molar-refractivity contribution < 1.29 is 14.3 Å². The lowest BCUT2D eigenvalue weighted by Crippen LogP contribution is -2.37. The van der Waals surface area contributed by atoms with Gasteiger partial charge in [-0.25, -0.2) is 0 Å². The summed E-state index contributed by atoms with van der Waals surface area (Å²) in [5, 5.41) is 3.15. The zero-order chi connectivity index (χ0) is 15.0. The number of nitrogens with one attached hydrogen (secondary N) is 1. The second kappa shape index (κ2) is 8.43. The number of rotatable bonds is 8. The topological polar surface area (TPSA) is 50.8 Å². The molecule has 0 aliphatic rings. The van der Waals surface area contributed by atoms with Crippen molar-refractivity contribution in [1.82, 2.24) is 10.2 Å². The Balaban J connectivity index is 2.55. The molecule has 0 fully saturated rings. The molecular weight excluding hydrogens is 256 g/mol. The quantitative estimate of drug-likeness (QED) is 0.787. The molecule has 5 heteroatoms. The summed E-state index contributed by atoms with van der Waals surface area (Å²) in [6, 6.07) is 5.65. The second-order valence-electron chi connectivity index (χ2n) is 4.35. The standard InChI is InChI=1S/C15H24N2O3/c1-5-17(6-2)15(18)11-16-10-12-7-8-13(19-3)9-14(12)20-4/h7-9,16H,5-6,10-11H2,1-4H3. The maximum absolute atomic E-state index is 11.9. The van der Waals surface area contributed by atoms with Crippen LogP contribution < -0.4 is 14.8 Å². The van der Waals surface area contributed by atoms with Crippen molar-refractivity contribution in [1.29, 1.82) is 0 Å². The fourth-order valence-corrected chi connectivity index (χ4v) is 1.99. The van der Waals surface area contributed by atoms with Crippen LogP contribution >= 0.6 is 0 Å². The lowest BCUT2D eigenvalue weighted by atomic mass is 10.2. The van der Waals surface area contributed by atoms with Crippen LogP contribution in [0.15, 0.2) is 18.2 Å². The zero-order valence-electron chi connectivity index (χ0n) is 12.7. The van der Waals surface area contributed by atoms with E-state index in [2.05, 4.69) is 5.32 Å². The van der Waals surface area contributed by atoms with Gasteiger partial charge in [0.1, 0.15) is 11.5 Å². The van der Waals surface area contributed by atoms with Crippen molar-refractivity contribution in [2.24, 2.45) is 0 Å². The van der Waals surface area contributed by atoms with Crippen LogP contribution in [0.25, 0.3) is 0 Å². The molecule has 5 nitrogen and oxygen atoms in total. The normalized spacial score (nSPS) is 10.2. The molecule has 20 heavy (non-hydrogen) atoms. The molecule has 1 rings (SSSR count). The molecular formula is C15H24N2O3. The highest BCUT2D eigenvalue weighted by Gasteiger charge is 2.10. The fraction of sp³-hybridized carbons (Fsp3) is 0.533. The van der Waals surface area contributed by atoms with Gasteiger partial charge in [-0.3, -0.25) is 4.79 Å². The summed E-state index contributed by atoms with van der Waals surface area (Å²) in [5.41, 5.74) is 1.00. The number of benzene rings is 1. The largest absolute Gasteiger partial charge is 0.497 e. The van der Waals surface area contributed by atoms with Crippen molar-refractivity contribution >= 4 is 5.91 Å². The van der Waals surface area contributed by atoms with Gasteiger partial charge in [0.15, 0.2) is 0 Å². The number of amides is 1. The summed E-state index contributed by atoms with van der Waals surface area (Å²) in [6.45, 7) is 6.35. The van der Waals surface area contributed by atoms with E-state index in [0.29, 0.717) is 13.1 Å².